The van der Waals surface area contributed by atoms with Gasteiger partial charge in [-0.25, -0.2) is 0 Å². The molecule has 0 bridgehead atoms. The van der Waals surface area contributed by atoms with Crippen molar-refractivity contribution in [2.45, 2.75) is 24.2 Å². The molecular formula is C15H15NO4. The second kappa shape index (κ2) is 4.38. The lowest BCUT2D eigenvalue weighted by Crippen LogP contribution is -2.41. The molecule has 2 N–H and O–H groups in total. The van der Waals surface area contributed by atoms with Crippen LogP contribution in [0.5, 0.6) is 11.5 Å². The lowest BCUT2D eigenvalue weighted by atomic mass is 9.94. The predicted octanol–water partition coefficient (Wildman–Crippen LogP) is 0.652. The molecular weight excluding hydrogens is 258 g/mol. The van der Waals surface area contributed by atoms with Crippen LogP contribution in [0.1, 0.15) is 12.0 Å². The number of benzene rings is 1. The molecule has 104 valence electrons. The second-order valence-corrected chi connectivity index (χ2v) is 5.22. The van der Waals surface area contributed by atoms with E-state index in [4.69, 9.17) is 24.7 Å². The van der Waals surface area contributed by atoms with Gasteiger partial charge in [-0.3, -0.25) is 0 Å². The number of fused-ring (bicyclic) bond motifs is 2. The maximum Gasteiger partial charge on any atom is 0.231 e. The number of rotatable bonds is 0. The largest absolute Gasteiger partial charge is 0.454 e. The first kappa shape index (κ1) is 12.0. The standard InChI is InChI=1S/C15H15NO4/c16-11-8-20-15(5-6-17-14(11)15)4-3-10-1-2-12-13(7-10)19-9-18-12/h1-2,7,11,14H,5-6,8-9,16H2. The van der Waals surface area contributed by atoms with Crippen molar-refractivity contribution < 1.29 is 18.9 Å². The van der Waals surface area contributed by atoms with E-state index in [2.05, 4.69) is 11.8 Å². The van der Waals surface area contributed by atoms with Gasteiger partial charge in [-0.15, -0.1) is 0 Å². The topological polar surface area (TPSA) is 62.9 Å². The molecule has 5 nitrogen and oxygen atoms in total. The highest BCUT2D eigenvalue weighted by atomic mass is 16.7. The van der Waals surface area contributed by atoms with Crippen molar-refractivity contribution in [3.05, 3.63) is 23.8 Å². The molecule has 3 heterocycles. The van der Waals surface area contributed by atoms with Gasteiger partial charge in [0.05, 0.1) is 19.3 Å². The third-order valence-corrected chi connectivity index (χ3v) is 3.94. The first-order valence-electron chi connectivity index (χ1n) is 6.71. The van der Waals surface area contributed by atoms with E-state index in [0.29, 0.717) is 13.2 Å². The van der Waals surface area contributed by atoms with Crippen LogP contribution in [0.3, 0.4) is 0 Å². The maximum atomic E-state index is 5.99. The highest BCUT2D eigenvalue weighted by Crippen LogP contribution is 2.36. The third-order valence-electron chi connectivity index (χ3n) is 3.94. The van der Waals surface area contributed by atoms with Gasteiger partial charge in [-0.05, 0) is 18.2 Å². The van der Waals surface area contributed by atoms with Crippen molar-refractivity contribution in [3.8, 4) is 23.3 Å². The summed E-state index contributed by atoms with van der Waals surface area (Å²) in [6.07, 6.45) is 0.645. The summed E-state index contributed by atoms with van der Waals surface area (Å²) in [5, 5.41) is 0. The van der Waals surface area contributed by atoms with Gasteiger partial charge in [-0.2, -0.15) is 0 Å². The molecule has 0 amide bonds. The summed E-state index contributed by atoms with van der Waals surface area (Å²) in [5.74, 6) is 7.87. The lowest BCUT2D eigenvalue weighted by Gasteiger charge is -2.20. The molecule has 4 rings (SSSR count). The Kier molecular flexibility index (Phi) is 2.64. The minimum absolute atomic E-state index is 0.0939. The number of ether oxygens (including phenoxy) is 4. The average Bonchev–Trinajstić information content (AvgIpc) is 3.14. The Morgan fingerprint density at radius 2 is 2.15 bits per heavy atom. The Balaban J connectivity index is 1.63. The molecule has 3 unspecified atom stereocenters. The van der Waals surface area contributed by atoms with Crippen molar-refractivity contribution in [3.63, 3.8) is 0 Å². The Morgan fingerprint density at radius 1 is 1.25 bits per heavy atom. The van der Waals surface area contributed by atoms with Crippen LogP contribution in [0.15, 0.2) is 18.2 Å². The van der Waals surface area contributed by atoms with Crippen molar-refractivity contribution >= 4 is 0 Å². The molecule has 0 aromatic heterocycles. The summed E-state index contributed by atoms with van der Waals surface area (Å²) in [6.45, 7) is 1.42. The Bertz CT molecular complexity index is 606. The summed E-state index contributed by atoms with van der Waals surface area (Å²) >= 11 is 0. The maximum absolute atomic E-state index is 5.99. The summed E-state index contributed by atoms with van der Waals surface area (Å²) in [7, 11) is 0. The fourth-order valence-electron chi connectivity index (χ4n) is 2.89. The summed E-state index contributed by atoms with van der Waals surface area (Å²) in [4.78, 5) is 0. The van der Waals surface area contributed by atoms with Crippen LogP contribution in [-0.2, 0) is 9.47 Å². The second-order valence-electron chi connectivity index (χ2n) is 5.22. The van der Waals surface area contributed by atoms with Gasteiger partial charge in [0, 0.05) is 12.0 Å². The number of hydrogen-bond donors (Lipinski definition) is 1. The van der Waals surface area contributed by atoms with Crippen LogP contribution < -0.4 is 15.2 Å². The van der Waals surface area contributed by atoms with Crippen LogP contribution >= 0.6 is 0 Å². The van der Waals surface area contributed by atoms with Gasteiger partial charge in [0.25, 0.3) is 0 Å². The molecule has 20 heavy (non-hydrogen) atoms. The Morgan fingerprint density at radius 3 is 3.10 bits per heavy atom. The van der Waals surface area contributed by atoms with Gasteiger partial charge in [0.2, 0.25) is 6.79 Å². The molecule has 2 fully saturated rings. The first-order chi connectivity index (χ1) is 9.77. The molecule has 0 spiro atoms. The fraction of sp³-hybridized carbons (Fsp3) is 0.467. The van der Waals surface area contributed by atoms with Crippen molar-refractivity contribution in [1.82, 2.24) is 0 Å². The van der Waals surface area contributed by atoms with Crippen LogP contribution in [0, 0.1) is 11.8 Å². The molecule has 1 aromatic carbocycles. The number of nitrogens with two attached hydrogens (primary N) is 1. The highest BCUT2D eigenvalue weighted by Gasteiger charge is 2.52. The zero-order valence-electron chi connectivity index (χ0n) is 10.9. The molecule has 3 aliphatic rings. The molecule has 5 heteroatoms. The van der Waals surface area contributed by atoms with E-state index in [-0.39, 0.29) is 18.9 Å². The summed E-state index contributed by atoms with van der Waals surface area (Å²) < 4.78 is 22.1. The fourth-order valence-corrected chi connectivity index (χ4v) is 2.89. The molecule has 0 radical (unpaired) electrons. The summed E-state index contributed by atoms with van der Waals surface area (Å²) in [6, 6.07) is 5.57. The van der Waals surface area contributed by atoms with E-state index in [1.54, 1.807) is 0 Å². The Labute approximate surface area is 116 Å². The quantitative estimate of drug-likeness (QED) is 0.703. The third kappa shape index (κ3) is 1.77. The van der Waals surface area contributed by atoms with Crippen molar-refractivity contribution in [2.24, 2.45) is 5.73 Å². The van der Waals surface area contributed by atoms with Gasteiger partial charge in [-0.1, -0.05) is 11.8 Å². The smallest absolute Gasteiger partial charge is 0.231 e. The average molecular weight is 273 g/mol. The molecule has 0 aliphatic carbocycles. The minimum atomic E-state index is -0.546. The van der Waals surface area contributed by atoms with Crippen molar-refractivity contribution in [1.29, 1.82) is 0 Å². The zero-order chi connectivity index (χ0) is 13.6. The van der Waals surface area contributed by atoms with E-state index in [1.807, 2.05) is 18.2 Å². The van der Waals surface area contributed by atoms with E-state index >= 15 is 0 Å². The lowest BCUT2D eigenvalue weighted by molar-refractivity contribution is 0.0238. The van der Waals surface area contributed by atoms with E-state index in [9.17, 15) is 0 Å². The van der Waals surface area contributed by atoms with E-state index in [0.717, 1.165) is 23.5 Å². The normalized spacial score (nSPS) is 33.6. The Hall–Kier alpha value is -1.74. The monoisotopic (exact) mass is 273 g/mol. The molecule has 2 saturated heterocycles. The predicted molar refractivity (Wildman–Crippen MR) is 70.5 cm³/mol. The van der Waals surface area contributed by atoms with E-state index in [1.165, 1.54) is 0 Å². The molecule has 1 aromatic rings. The minimum Gasteiger partial charge on any atom is -0.454 e. The molecule has 0 saturated carbocycles. The van der Waals surface area contributed by atoms with Gasteiger partial charge >= 0.3 is 0 Å². The van der Waals surface area contributed by atoms with Crippen LogP contribution in [0.25, 0.3) is 0 Å². The van der Waals surface area contributed by atoms with Crippen LogP contribution in [0.2, 0.25) is 0 Å². The SMILES string of the molecule is NC1COC2(C#Cc3ccc4c(c3)OCO4)CCOC12. The summed E-state index contributed by atoms with van der Waals surface area (Å²) in [5.41, 5.74) is 6.32. The first-order valence-corrected chi connectivity index (χ1v) is 6.71. The molecule has 3 aliphatic heterocycles. The zero-order valence-corrected chi connectivity index (χ0v) is 10.9. The van der Waals surface area contributed by atoms with Crippen LogP contribution in [0.4, 0.5) is 0 Å². The van der Waals surface area contributed by atoms with E-state index < -0.39 is 5.60 Å². The number of hydrogen-bond acceptors (Lipinski definition) is 5. The van der Waals surface area contributed by atoms with Gasteiger partial charge < -0.3 is 24.7 Å². The van der Waals surface area contributed by atoms with Crippen molar-refractivity contribution in [2.75, 3.05) is 20.0 Å². The van der Waals surface area contributed by atoms with Gasteiger partial charge in [0.1, 0.15) is 6.10 Å². The highest BCUT2D eigenvalue weighted by molar-refractivity contribution is 5.50. The van der Waals surface area contributed by atoms with Crippen LogP contribution in [-0.4, -0.2) is 37.8 Å². The van der Waals surface area contributed by atoms with Gasteiger partial charge in [0.15, 0.2) is 17.1 Å². The molecule has 3 atom stereocenters.